The van der Waals surface area contributed by atoms with Crippen LogP contribution in [-0.2, 0) is 17.4 Å². The molecule has 31 heavy (non-hydrogen) atoms. The van der Waals surface area contributed by atoms with Gasteiger partial charge in [0.25, 0.3) is 0 Å². The molecule has 1 aliphatic heterocycles. The summed E-state index contributed by atoms with van der Waals surface area (Å²) >= 11 is 0. The summed E-state index contributed by atoms with van der Waals surface area (Å²) in [6.07, 6.45) is 0.746. The highest BCUT2D eigenvalue weighted by molar-refractivity contribution is 7.86. The monoisotopic (exact) mass is 438 g/mol. The molecule has 2 atom stereocenters. The van der Waals surface area contributed by atoms with Gasteiger partial charge < -0.3 is 15.1 Å². The van der Waals surface area contributed by atoms with Crippen LogP contribution in [0.15, 0.2) is 71.6 Å². The minimum absolute atomic E-state index is 0.0346. The molecule has 3 N–H and O–H groups in total. The van der Waals surface area contributed by atoms with Crippen molar-refractivity contribution in [2.45, 2.75) is 31.2 Å². The smallest absolute Gasteiger partial charge is 0.335 e. The summed E-state index contributed by atoms with van der Waals surface area (Å²) in [6, 6.07) is 18.5. The number of fused-ring (bicyclic) bond motifs is 1. The van der Waals surface area contributed by atoms with E-state index >= 15 is 0 Å². The molecule has 5 nitrogen and oxygen atoms in total. The molecule has 0 saturated heterocycles. The van der Waals surface area contributed by atoms with Crippen LogP contribution in [0.3, 0.4) is 0 Å². The van der Waals surface area contributed by atoms with Crippen LogP contribution in [-0.4, -0.2) is 15.3 Å². The number of aromatic carboxylic acids is 1. The average molecular weight is 439 g/mol. The zero-order valence-corrected chi connectivity index (χ0v) is 18.0. The van der Waals surface area contributed by atoms with E-state index in [1.165, 1.54) is 24.3 Å². The Balaban J connectivity index is 1.52. The van der Waals surface area contributed by atoms with Crippen LogP contribution < -0.4 is 10.0 Å². The number of carboxylic acid groups (broad SMARTS) is 1. The molecule has 160 valence electrons. The SMILES string of the molecule is CC1(C)Cc2cc(C(=O)O)ccc2NC1c1ccc(NS(=O)c2ccc(F)cc2)cc1. The number of hydrogen-bond donors (Lipinski definition) is 3. The maximum absolute atomic E-state index is 13.1. The fourth-order valence-corrected chi connectivity index (χ4v) is 4.81. The lowest BCUT2D eigenvalue weighted by molar-refractivity contribution is 0.0696. The Labute approximate surface area is 182 Å². The lowest BCUT2D eigenvalue weighted by atomic mass is 9.73. The summed E-state index contributed by atoms with van der Waals surface area (Å²) in [5, 5.41) is 12.8. The second-order valence-electron chi connectivity index (χ2n) is 8.37. The molecule has 0 aliphatic carbocycles. The summed E-state index contributed by atoms with van der Waals surface area (Å²) in [5.74, 6) is -1.29. The number of carboxylic acids is 1. The first-order valence-electron chi connectivity index (χ1n) is 9.90. The highest BCUT2D eigenvalue weighted by Crippen LogP contribution is 2.45. The van der Waals surface area contributed by atoms with Crippen molar-refractivity contribution in [2.24, 2.45) is 5.41 Å². The molecule has 0 amide bonds. The van der Waals surface area contributed by atoms with Crippen molar-refractivity contribution >= 4 is 28.3 Å². The summed E-state index contributed by atoms with van der Waals surface area (Å²) < 4.78 is 28.4. The van der Waals surface area contributed by atoms with Crippen LogP contribution in [0.5, 0.6) is 0 Å². The van der Waals surface area contributed by atoms with Crippen molar-refractivity contribution in [1.82, 2.24) is 0 Å². The normalized spacial score (nSPS) is 17.8. The molecule has 4 rings (SSSR count). The maximum Gasteiger partial charge on any atom is 0.335 e. The van der Waals surface area contributed by atoms with Crippen LogP contribution >= 0.6 is 0 Å². The molecular weight excluding hydrogens is 415 g/mol. The first-order chi connectivity index (χ1) is 14.7. The maximum atomic E-state index is 13.1. The largest absolute Gasteiger partial charge is 0.478 e. The van der Waals surface area contributed by atoms with Crippen molar-refractivity contribution in [3.8, 4) is 0 Å². The summed E-state index contributed by atoms with van der Waals surface area (Å²) in [6.45, 7) is 4.30. The Morgan fingerprint density at radius 3 is 2.42 bits per heavy atom. The molecule has 0 saturated carbocycles. The number of halogens is 1. The third kappa shape index (κ3) is 4.46. The van der Waals surface area contributed by atoms with Crippen molar-refractivity contribution in [2.75, 3.05) is 10.0 Å². The molecular formula is C24H23FN2O3S. The number of hydrogen-bond acceptors (Lipinski definition) is 3. The standard InChI is InChI=1S/C24H23FN2O3S/c1-24(2)14-17-13-16(23(28)29)5-12-21(17)26-22(24)15-3-8-19(9-4-15)27-31(30)20-10-6-18(25)7-11-20/h3-13,22,26-27H,14H2,1-2H3,(H,28,29). The molecule has 1 aliphatic rings. The van der Waals surface area contributed by atoms with Gasteiger partial charge in [0.15, 0.2) is 0 Å². The first kappa shape index (κ1) is 21.1. The zero-order chi connectivity index (χ0) is 22.2. The summed E-state index contributed by atoms with van der Waals surface area (Å²) in [7, 11) is -1.49. The second kappa shape index (κ2) is 8.15. The Bertz CT molecular complexity index is 1140. The van der Waals surface area contributed by atoms with Gasteiger partial charge in [-0.1, -0.05) is 26.0 Å². The van der Waals surface area contributed by atoms with Gasteiger partial charge in [0, 0.05) is 11.4 Å². The van der Waals surface area contributed by atoms with E-state index in [4.69, 9.17) is 0 Å². The quantitative estimate of drug-likeness (QED) is 0.499. The fourth-order valence-electron chi connectivity index (χ4n) is 3.96. The molecule has 0 bridgehead atoms. The van der Waals surface area contributed by atoms with Crippen molar-refractivity contribution < 1.29 is 18.5 Å². The van der Waals surface area contributed by atoms with Gasteiger partial charge in [0.2, 0.25) is 0 Å². The lowest BCUT2D eigenvalue weighted by Crippen LogP contribution is -2.35. The highest BCUT2D eigenvalue weighted by Gasteiger charge is 2.36. The van der Waals surface area contributed by atoms with Crippen LogP contribution in [0, 0.1) is 11.2 Å². The Morgan fingerprint density at radius 1 is 1.10 bits per heavy atom. The Hall–Kier alpha value is -3.19. The molecule has 0 fully saturated rings. The predicted octanol–water partition coefficient (Wildman–Crippen LogP) is 5.39. The van der Waals surface area contributed by atoms with Crippen LogP contribution in [0.25, 0.3) is 0 Å². The van der Waals surface area contributed by atoms with Crippen molar-refractivity contribution in [1.29, 1.82) is 0 Å². The topological polar surface area (TPSA) is 78.4 Å². The Morgan fingerprint density at radius 2 is 1.77 bits per heavy atom. The molecule has 3 aromatic rings. The minimum Gasteiger partial charge on any atom is -0.478 e. The van der Waals surface area contributed by atoms with E-state index in [1.54, 1.807) is 12.1 Å². The van der Waals surface area contributed by atoms with Crippen molar-refractivity contribution in [3.05, 3.63) is 89.2 Å². The van der Waals surface area contributed by atoms with Gasteiger partial charge in [-0.3, -0.25) is 0 Å². The summed E-state index contributed by atoms with van der Waals surface area (Å²) in [5.41, 5.74) is 3.86. The molecule has 0 aromatic heterocycles. The molecule has 2 unspecified atom stereocenters. The van der Waals surface area contributed by atoms with Crippen LogP contribution in [0.2, 0.25) is 0 Å². The van der Waals surface area contributed by atoms with Crippen molar-refractivity contribution in [3.63, 3.8) is 0 Å². The van der Waals surface area contributed by atoms with Gasteiger partial charge in [0.05, 0.1) is 16.5 Å². The van der Waals surface area contributed by atoms with Gasteiger partial charge in [-0.15, -0.1) is 0 Å². The Kier molecular flexibility index (Phi) is 5.54. The molecule has 3 aromatic carbocycles. The van der Waals surface area contributed by atoms with Gasteiger partial charge in [-0.2, -0.15) is 0 Å². The molecule has 7 heteroatoms. The third-order valence-corrected chi connectivity index (χ3v) is 6.68. The van der Waals surface area contributed by atoms with E-state index in [9.17, 15) is 18.5 Å². The van der Waals surface area contributed by atoms with E-state index in [1.807, 2.05) is 30.3 Å². The zero-order valence-electron chi connectivity index (χ0n) is 17.2. The van der Waals surface area contributed by atoms with E-state index in [-0.39, 0.29) is 17.3 Å². The number of anilines is 2. The third-order valence-electron chi connectivity index (χ3n) is 5.56. The fraction of sp³-hybridized carbons (Fsp3) is 0.208. The molecule has 0 radical (unpaired) electrons. The van der Waals surface area contributed by atoms with Gasteiger partial charge in [-0.05, 0) is 77.6 Å². The number of rotatable bonds is 5. The number of benzene rings is 3. The minimum atomic E-state index is -1.49. The van der Waals surface area contributed by atoms with Crippen LogP contribution in [0.4, 0.5) is 15.8 Å². The first-order valence-corrected chi connectivity index (χ1v) is 11.0. The highest BCUT2D eigenvalue weighted by atomic mass is 32.2. The van der Waals surface area contributed by atoms with Gasteiger partial charge in [0.1, 0.15) is 16.8 Å². The number of carbonyl (C=O) groups is 1. The molecule has 1 heterocycles. The van der Waals surface area contributed by atoms with E-state index in [0.717, 1.165) is 23.2 Å². The molecule has 0 spiro atoms. The van der Waals surface area contributed by atoms with Gasteiger partial charge in [-0.25, -0.2) is 13.4 Å². The lowest BCUT2D eigenvalue weighted by Gasteiger charge is -2.41. The predicted molar refractivity (Wildman–Crippen MR) is 120 cm³/mol. The second-order valence-corrected chi connectivity index (χ2v) is 9.58. The van der Waals surface area contributed by atoms with E-state index in [2.05, 4.69) is 23.9 Å². The van der Waals surface area contributed by atoms with Gasteiger partial charge >= 0.3 is 5.97 Å². The van der Waals surface area contributed by atoms with E-state index < -0.39 is 17.0 Å². The van der Waals surface area contributed by atoms with E-state index in [0.29, 0.717) is 16.1 Å². The van der Waals surface area contributed by atoms with Crippen LogP contribution in [0.1, 0.15) is 41.4 Å². The summed E-state index contributed by atoms with van der Waals surface area (Å²) in [4.78, 5) is 11.8. The average Bonchev–Trinajstić information content (AvgIpc) is 2.73. The number of nitrogens with one attached hydrogen (secondary N) is 2.